The van der Waals surface area contributed by atoms with Crippen LogP contribution < -0.4 is 0 Å². The lowest BCUT2D eigenvalue weighted by Crippen LogP contribution is -2.44. The highest BCUT2D eigenvalue weighted by Gasteiger charge is 2.48. The van der Waals surface area contributed by atoms with E-state index < -0.39 is 36.2 Å². The summed E-state index contributed by atoms with van der Waals surface area (Å²) in [5.41, 5.74) is 1.13. The van der Waals surface area contributed by atoms with Crippen LogP contribution in [0.2, 0.25) is 0 Å². The normalized spacial score (nSPS) is 29.1. The van der Waals surface area contributed by atoms with Gasteiger partial charge in [-0.1, -0.05) is 26.5 Å². The van der Waals surface area contributed by atoms with Crippen LogP contribution in [-0.4, -0.2) is 55.4 Å². The predicted molar refractivity (Wildman–Crippen MR) is 101 cm³/mol. The number of ether oxygens (including phenoxy) is 3. The lowest BCUT2D eigenvalue weighted by molar-refractivity contribution is -0.164. The molecule has 0 radical (unpaired) electrons. The summed E-state index contributed by atoms with van der Waals surface area (Å²) in [5, 5.41) is 9.63. The van der Waals surface area contributed by atoms with Gasteiger partial charge in [-0.15, -0.1) is 0 Å². The highest BCUT2D eigenvalue weighted by molar-refractivity contribution is 5.91. The average Bonchev–Trinajstić information content (AvgIpc) is 2.97. The quantitative estimate of drug-likeness (QED) is 0.319. The van der Waals surface area contributed by atoms with Gasteiger partial charge in [0, 0.05) is 18.3 Å². The molecule has 0 amide bonds. The number of fused-ring (bicyclic) bond motifs is 1. The van der Waals surface area contributed by atoms with E-state index >= 15 is 0 Å². The first-order chi connectivity index (χ1) is 13.4. The van der Waals surface area contributed by atoms with Crippen LogP contribution in [0, 0.1) is 11.8 Å². The minimum atomic E-state index is -0.971. The third-order valence-corrected chi connectivity index (χ3v) is 5.35. The Bertz CT molecular complexity index is 691. The molecular formula is C21H28O7. The molecule has 1 aliphatic heterocycles. The van der Waals surface area contributed by atoms with Crippen molar-refractivity contribution in [3.8, 4) is 0 Å². The van der Waals surface area contributed by atoms with E-state index in [4.69, 9.17) is 14.2 Å². The highest BCUT2D eigenvalue weighted by atomic mass is 16.6. The van der Waals surface area contributed by atoms with Gasteiger partial charge >= 0.3 is 11.9 Å². The molecule has 154 valence electrons. The fraction of sp³-hybridized carbons (Fsp3) is 0.571. The molecule has 1 heterocycles. The molecular weight excluding hydrogens is 364 g/mol. The Labute approximate surface area is 165 Å². The first-order valence-corrected chi connectivity index (χ1v) is 9.46. The van der Waals surface area contributed by atoms with E-state index in [0.29, 0.717) is 36.7 Å². The van der Waals surface area contributed by atoms with Crippen molar-refractivity contribution < 1.29 is 33.7 Å². The van der Waals surface area contributed by atoms with Gasteiger partial charge in [0.15, 0.2) is 0 Å². The molecule has 2 rings (SSSR count). The number of hydrogen-bond donors (Lipinski definition) is 1. The lowest BCUT2D eigenvalue weighted by atomic mass is 9.83. The number of esters is 2. The van der Waals surface area contributed by atoms with Crippen LogP contribution >= 0.6 is 0 Å². The van der Waals surface area contributed by atoms with E-state index in [1.54, 1.807) is 19.1 Å². The molecule has 0 bridgehead atoms. The Hall–Kier alpha value is -2.25. The Morgan fingerprint density at radius 3 is 2.79 bits per heavy atom. The van der Waals surface area contributed by atoms with E-state index in [2.05, 4.69) is 6.58 Å². The van der Waals surface area contributed by atoms with Gasteiger partial charge in [0.2, 0.25) is 0 Å². The summed E-state index contributed by atoms with van der Waals surface area (Å²) < 4.78 is 16.7. The molecule has 1 fully saturated rings. The van der Waals surface area contributed by atoms with Gasteiger partial charge in [0.05, 0.1) is 18.4 Å². The number of carbonyl (C=O) groups is 3. The summed E-state index contributed by atoms with van der Waals surface area (Å²) in [6, 6.07) is 0. The fourth-order valence-corrected chi connectivity index (χ4v) is 3.43. The molecule has 5 atom stereocenters. The van der Waals surface area contributed by atoms with Crippen molar-refractivity contribution >= 4 is 18.2 Å². The van der Waals surface area contributed by atoms with Crippen LogP contribution in [0.25, 0.3) is 0 Å². The van der Waals surface area contributed by atoms with Crippen molar-refractivity contribution in [1.29, 1.82) is 0 Å². The minimum Gasteiger partial charge on any atom is -0.458 e. The SMILES string of the molecule is C=C1C(=O)OC2C=C(CO)CCC=C(C=O)C(OC)C(OC(=O)C(C)CC)C12. The van der Waals surface area contributed by atoms with Crippen LogP contribution in [0.1, 0.15) is 33.1 Å². The number of rotatable bonds is 6. The number of allylic oxidation sites excluding steroid dienone is 1. The first-order valence-electron chi connectivity index (χ1n) is 9.46. The standard InChI is InChI=1S/C21H28O7/c1-5-12(2)20(24)28-19-17-13(3)21(25)27-16(17)9-14(10-22)7-6-8-15(11-23)18(19)26-4/h8-9,11-12,16-19,22H,3,5-7,10H2,1-2,4H3. The first kappa shape index (κ1) is 22.0. The number of hydrogen-bond acceptors (Lipinski definition) is 7. The molecule has 1 N–H and O–H groups in total. The van der Waals surface area contributed by atoms with Crippen molar-refractivity contribution in [1.82, 2.24) is 0 Å². The van der Waals surface area contributed by atoms with Gasteiger partial charge in [0.1, 0.15) is 24.6 Å². The smallest absolute Gasteiger partial charge is 0.334 e. The summed E-state index contributed by atoms with van der Waals surface area (Å²) >= 11 is 0. The second kappa shape index (κ2) is 9.80. The number of aliphatic hydroxyl groups is 1. The molecule has 7 heteroatoms. The van der Waals surface area contributed by atoms with Crippen LogP contribution in [0.4, 0.5) is 0 Å². The Morgan fingerprint density at radius 2 is 2.21 bits per heavy atom. The zero-order valence-corrected chi connectivity index (χ0v) is 16.6. The Morgan fingerprint density at radius 1 is 1.50 bits per heavy atom. The molecule has 5 unspecified atom stereocenters. The number of aliphatic hydroxyl groups excluding tert-OH is 1. The van der Waals surface area contributed by atoms with Crippen LogP contribution in [0.15, 0.2) is 35.5 Å². The highest BCUT2D eigenvalue weighted by Crippen LogP contribution is 2.37. The third kappa shape index (κ3) is 4.59. The zero-order chi connectivity index (χ0) is 20.8. The number of methoxy groups -OCH3 is 1. The van der Waals surface area contributed by atoms with Crippen molar-refractivity contribution in [2.45, 2.75) is 51.4 Å². The van der Waals surface area contributed by atoms with Gasteiger partial charge in [0.25, 0.3) is 0 Å². The molecule has 28 heavy (non-hydrogen) atoms. The second-order valence-corrected chi connectivity index (χ2v) is 7.13. The molecule has 2 aliphatic rings. The van der Waals surface area contributed by atoms with E-state index in [9.17, 15) is 19.5 Å². The molecule has 0 saturated carbocycles. The molecule has 1 aliphatic carbocycles. The van der Waals surface area contributed by atoms with Crippen molar-refractivity contribution in [3.63, 3.8) is 0 Å². The molecule has 0 aromatic rings. The van der Waals surface area contributed by atoms with Crippen LogP contribution in [0.5, 0.6) is 0 Å². The summed E-state index contributed by atoms with van der Waals surface area (Å²) in [6.45, 7) is 7.22. The predicted octanol–water partition coefficient (Wildman–Crippen LogP) is 1.89. The van der Waals surface area contributed by atoms with E-state index in [0.717, 1.165) is 0 Å². The molecule has 0 spiro atoms. The maximum absolute atomic E-state index is 12.6. The maximum atomic E-state index is 12.6. The summed E-state index contributed by atoms with van der Waals surface area (Å²) in [7, 11) is 1.42. The Kier molecular flexibility index (Phi) is 7.71. The van der Waals surface area contributed by atoms with Crippen molar-refractivity contribution in [2.75, 3.05) is 13.7 Å². The van der Waals surface area contributed by atoms with Crippen molar-refractivity contribution in [3.05, 3.63) is 35.5 Å². The van der Waals surface area contributed by atoms with Gasteiger partial charge in [-0.25, -0.2) is 4.79 Å². The van der Waals surface area contributed by atoms with Gasteiger partial charge in [-0.3, -0.25) is 9.59 Å². The fourth-order valence-electron chi connectivity index (χ4n) is 3.43. The van der Waals surface area contributed by atoms with Gasteiger partial charge in [-0.2, -0.15) is 0 Å². The second-order valence-electron chi connectivity index (χ2n) is 7.13. The van der Waals surface area contributed by atoms with Crippen molar-refractivity contribution in [2.24, 2.45) is 11.8 Å². The average molecular weight is 392 g/mol. The largest absolute Gasteiger partial charge is 0.458 e. The number of aldehydes is 1. The summed E-state index contributed by atoms with van der Waals surface area (Å²) in [5.74, 6) is -2.13. The lowest BCUT2D eigenvalue weighted by Gasteiger charge is -2.33. The van der Waals surface area contributed by atoms with E-state index in [1.165, 1.54) is 7.11 Å². The van der Waals surface area contributed by atoms with E-state index in [-0.39, 0.29) is 18.1 Å². The van der Waals surface area contributed by atoms with Crippen LogP contribution in [0.3, 0.4) is 0 Å². The third-order valence-electron chi connectivity index (χ3n) is 5.35. The topological polar surface area (TPSA) is 99.1 Å². The molecule has 0 aromatic carbocycles. The zero-order valence-electron chi connectivity index (χ0n) is 16.6. The summed E-state index contributed by atoms with van der Waals surface area (Å²) in [4.78, 5) is 36.5. The number of carbonyl (C=O) groups excluding carboxylic acids is 3. The maximum Gasteiger partial charge on any atom is 0.334 e. The summed E-state index contributed by atoms with van der Waals surface area (Å²) in [6.07, 6.45) is 3.01. The molecule has 1 saturated heterocycles. The van der Waals surface area contributed by atoms with Gasteiger partial charge < -0.3 is 19.3 Å². The Balaban J connectivity index is 2.56. The minimum absolute atomic E-state index is 0.147. The molecule has 7 nitrogen and oxygen atoms in total. The van der Waals surface area contributed by atoms with Crippen LogP contribution in [-0.2, 0) is 28.6 Å². The van der Waals surface area contributed by atoms with Gasteiger partial charge in [-0.05, 0) is 30.9 Å². The monoisotopic (exact) mass is 392 g/mol. The molecule has 0 aromatic heterocycles. The van der Waals surface area contributed by atoms with E-state index in [1.807, 2.05) is 6.92 Å².